The maximum absolute atomic E-state index is 12.3. The van der Waals surface area contributed by atoms with Gasteiger partial charge < -0.3 is 20.2 Å². The van der Waals surface area contributed by atoms with Crippen LogP contribution < -0.4 is 5.32 Å². The first-order chi connectivity index (χ1) is 10.0. The standard InChI is InChI=1S/C15H19N3O3/c1-17-5-4-13(9-17)16-15(21)18-7-11-3-2-10(14(19)20)6-12(11)8-18/h2-3,6,13H,4-5,7-9H2,1H3,(H,16,21)(H,19,20). The third kappa shape index (κ3) is 2.85. The van der Waals surface area contributed by atoms with Gasteiger partial charge in [0.2, 0.25) is 0 Å². The third-order valence-corrected chi connectivity index (χ3v) is 4.18. The number of amides is 2. The highest BCUT2D eigenvalue weighted by Crippen LogP contribution is 2.24. The maximum atomic E-state index is 12.3. The summed E-state index contributed by atoms with van der Waals surface area (Å²) in [4.78, 5) is 27.2. The molecule has 1 atom stereocenters. The van der Waals surface area contributed by atoms with Crippen LogP contribution in [0.3, 0.4) is 0 Å². The van der Waals surface area contributed by atoms with Crippen molar-refractivity contribution in [2.24, 2.45) is 0 Å². The SMILES string of the molecule is CN1CCC(NC(=O)N2Cc3ccc(C(=O)O)cc3C2)C1. The molecule has 2 aliphatic heterocycles. The van der Waals surface area contributed by atoms with Crippen LogP contribution in [0.2, 0.25) is 0 Å². The van der Waals surface area contributed by atoms with Crippen molar-refractivity contribution in [3.63, 3.8) is 0 Å². The van der Waals surface area contributed by atoms with Crippen molar-refractivity contribution in [1.29, 1.82) is 0 Å². The molecule has 2 amide bonds. The van der Waals surface area contributed by atoms with E-state index in [9.17, 15) is 9.59 Å². The second kappa shape index (κ2) is 5.37. The van der Waals surface area contributed by atoms with Crippen molar-refractivity contribution in [1.82, 2.24) is 15.1 Å². The zero-order chi connectivity index (χ0) is 15.0. The number of nitrogens with zero attached hydrogens (tertiary/aromatic N) is 2. The van der Waals surface area contributed by atoms with Gasteiger partial charge in [-0.2, -0.15) is 0 Å². The number of carbonyl (C=O) groups is 2. The van der Waals surface area contributed by atoms with Crippen LogP contribution >= 0.6 is 0 Å². The second-order valence-corrected chi connectivity index (χ2v) is 5.84. The van der Waals surface area contributed by atoms with Crippen LogP contribution in [0, 0.1) is 0 Å². The largest absolute Gasteiger partial charge is 0.478 e. The topological polar surface area (TPSA) is 72.9 Å². The highest BCUT2D eigenvalue weighted by atomic mass is 16.4. The number of rotatable bonds is 2. The molecule has 0 saturated carbocycles. The lowest BCUT2D eigenvalue weighted by Crippen LogP contribution is -2.43. The number of carboxylic acid groups (broad SMARTS) is 1. The molecule has 1 saturated heterocycles. The van der Waals surface area contributed by atoms with Gasteiger partial charge in [0, 0.05) is 25.7 Å². The van der Waals surface area contributed by atoms with Crippen molar-refractivity contribution < 1.29 is 14.7 Å². The summed E-state index contributed by atoms with van der Waals surface area (Å²) in [6.07, 6.45) is 0.978. The Hall–Kier alpha value is -2.08. The van der Waals surface area contributed by atoms with Crippen LogP contribution in [0.25, 0.3) is 0 Å². The molecule has 3 rings (SSSR count). The number of benzene rings is 1. The van der Waals surface area contributed by atoms with Crippen molar-refractivity contribution in [3.05, 3.63) is 34.9 Å². The number of likely N-dealkylation sites (tertiary alicyclic amines) is 1. The Morgan fingerprint density at radius 1 is 1.29 bits per heavy atom. The Labute approximate surface area is 123 Å². The molecule has 112 valence electrons. The molecular formula is C15H19N3O3. The van der Waals surface area contributed by atoms with E-state index in [0.29, 0.717) is 13.1 Å². The van der Waals surface area contributed by atoms with Crippen molar-refractivity contribution in [2.45, 2.75) is 25.6 Å². The van der Waals surface area contributed by atoms with Gasteiger partial charge in [-0.3, -0.25) is 0 Å². The minimum absolute atomic E-state index is 0.0663. The summed E-state index contributed by atoms with van der Waals surface area (Å²) < 4.78 is 0. The first-order valence-corrected chi connectivity index (χ1v) is 7.12. The van der Waals surface area contributed by atoms with E-state index in [1.165, 1.54) is 0 Å². The zero-order valence-corrected chi connectivity index (χ0v) is 12.0. The Morgan fingerprint density at radius 2 is 2.05 bits per heavy atom. The van der Waals surface area contributed by atoms with Crippen LogP contribution in [0.5, 0.6) is 0 Å². The Balaban J connectivity index is 1.64. The van der Waals surface area contributed by atoms with E-state index in [-0.39, 0.29) is 17.6 Å². The number of nitrogens with one attached hydrogen (secondary N) is 1. The van der Waals surface area contributed by atoms with Gasteiger partial charge in [0.25, 0.3) is 0 Å². The van der Waals surface area contributed by atoms with E-state index < -0.39 is 5.97 Å². The van der Waals surface area contributed by atoms with Crippen LogP contribution in [0.15, 0.2) is 18.2 Å². The van der Waals surface area contributed by atoms with E-state index in [4.69, 9.17) is 5.11 Å². The number of likely N-dealkylation sites (N-methyl/N-ethyl adjacent to an activating group) is 1. The lowest BCUT2D eigenvalue weighted by molar-refractivity contribution is 0.0696. The predicted molar refractivity (Wildman–Crippen MR) is 77.1 cm³/mol. The number of aromatic carboxylic acids is 1. The van der Waals surface area contributed by atoms with Crippen LogP contribution in [-0.4, -0.2) is 53.1 Å². The van der Waals surface area contributed by atoms with Gasteiger partial charge in [0.1, 0.15) is 0 Å². The van der Waals surface area contributed by atoms with Gasteiger partial charge in [-0.05, 0) is 43.3 Å². The van der Waals surface area contributed by atoms with Gasteiger partial charge in [-0.25, -0.2) is 9.59 Å². The summed E-state index contributed by atoms with van der Waals surface area (Å²) in [5.74, 6) is -0.935. The van der Waals surface area contributed by atoms with E-state index >= 15 is 0 Å². The van der Waals surface area contributed by atoms with Gasteiger partial charge in [-0.1, -0.05) is 6.07 Å². The predicted octanol–water partition coefficient (Wildman–Crippen LogP) is 1.11. The molecule has 1 aromatic carbocycles. The van der Waals surface area contributed by atoms with Crippen LogP contribution in [0.1, 0.15) is 27.9 Å². The molecule has 0 radical (unpaired) electrons. The molecular weight excluding hydrogens is 270 g/mol. The fourth-order valence-electron chi connectivity index (χ4n) is 2.99. The van der Waals surface area contributed by atoms with Gasteiger partial charge in [-0.15, -0.1) is 0 Å². The summed E-state index contributed by atoms with van der Waals surface area (Å²) in [5.41, 5.74) is 2.22. The zero-order valence-electron chi connectivity index (χ0n) is 12.0. The van der Waals surface area contributed by atoms with E-state index in [1.807, 2.05) is 7.05 Å². The molecule has 1 unspecified atom stereocenters. The molecule has 6 heteroatoms. The Morgan fingerprint density at radius 3 is 2.71 bits per heavy atom. The molecule has 2 aliphatic rings. The Bertz CT molecular complexity index is 588. The van der Waals surface area contributed by atoms with Gasteiger partial charge >= 0.3 is 12.0 Å². The highest BCUT2D eigenvalue weighted by Gasteiger charge is 2.27. The average Bonchev–Trinajstić information content (AvgIpc) is 3.03. The molecule has 1 aromatic rings. The van der Waals surface area contributed by atoms with Crippen LogP contribution in [-0.2, 0) is 13.1 Å². The summed E-state index contributed by atoms with van der Waals surface area (Å²) >= 11 is 0. The minimum atomic E-state index is -0.935. The fourth-order valence-corrected chi connectivity index (χ4v) is 2.99. The summed E-state index contributed by atoms with van der Waals surface area (Å²) in [6.45, 7) is 2.91. The summed E-state index contributed by atoms with van der Waals surface area (Å²) in [5, 5.41) is 12.1. The van der Waals surface area contributed by atoms with Crippen molar-refractivity contribution in [2.75, 3.05) is 20.1 Å². The third-order valence-electron chi connectivity index (χ3n) is 4.18. The highest BCUT2D eigenvalue weighted by molar-refractivity contribution is 5.88. The molecule has 2 N–H and O–H groups in total. The van der Waals surface area contributed by atoms with Gasteiger partial charge in [0.15, 0.2) is 0 Å². The normalized spacial score (nSPS) is 21.4. The number of fused-ring (bicyclic) bond motifs is 1. The number of hydrogen-bond donors (Lipinski definition) is 2. The van der Waals surface area contributed by atoms with E-state index in [2.05, 4.69) is 10.2 Å². The molecule has 0 aliphatic carbocycles. The maximum Gasteiger partial charge on any atom is 0.335 e. The summed E-state index contributed by atoms with van der Waals surface area (Å²) in [7, 11) is 2.05. The minimum Gasteiger partial charge on any atom is -0.478 e. The number of carbonyl (C=O) groups excluding carboxylic acids is 1. The summed E-state index contributed by atoms with van der Waals surface area (Å²) in [6, 6.07) is 5.20. The van der Waals surface area contributed by atoms with E-state index in [1.54, 1.807) is 23.1 Å². The smallest absolute Gasteiger partial charge is 0.335 e. The van der Waals surface area contributed by atoms with Crippen molar-refractivity contribution >= 4 is 12.0 Å². The second-order valence-electron chi connectivity index (χ2n) is 5.84. The molecule has 0 bridgehead atoms. The average molecular weight is 289 g/mol. The molecule has 0 spiro atoms. The molecule has 0 aromatic heterocycles. The first kappa shape index (κ1) is 13.9. The number of carboxylic acids is 1. The molecule has 2 heterocycles. The molecule has 6 nitrogen and oxygen atoms in total. The van der Waals surface area contributed by atoms with Crippen molar-refractivity contribution in [3.8, 4) is 0 Å². The Kier molecular flexibility index (Phi) is 3.55. The first-order valence-electron chi connectivity index (χ1n) is 7.12. The lowest BCUT2D eigenvalue weighted by Gasteiger charge is -2.20. The van der Waals surface area contributed by atoms with E-state index in [0.717, 1.165) is 30.6 Å². The van der Waals surface area contributed by atoms with Gasteiger partial charge in [0.05, 0.1) is 5.56 Å². The van der Waals surface area contributed by atoms with Crippen LogP contribution in [0.4, 0.5) is 4.79 Å². The molecule has 1 fully saturated rings. The number of urea groups is 1. The molecule has 21 heavy (non-hydrogen) atoms. The quantitative estimate of drug-likeness (QED) is 0.855. The lowest BCUT2D eigenvalue weighted by atomic mass is 10.1. The monoisotopic (exact) mass is 289 g/mol. The fraction of sp³-hybridized carbons (Fsp3) is 0.467. The number of hydrogen-bond acceptors (Lipinski definition) is 3.